The highest BCUT2D eigenvalue weighted by Gasteiger charge is 2.08. The van der Waals surface area contributed by atoms with E-state index in [-0.39, 0.29) is 0 Å². The van der Waals surface area contributed by atoms with Crippen LogP contribution in [0.3, 0.4) is 0 Å². The quantitative estimate of drug-likeness (QED) is 0.907. The highest BCUT2D eigenvalue weighted by Crippen LogP contribution is 2.26. The van der Waals surface area contributed by atoms with Crippen molar-refractivity contribution < 1.29 is 9.47 Å². The van der Waals surface area contributed by atoms with E-state index in [2.05, 4.69) is 13.0 Å². The third-order valence-corrected chi connectivity index (χ3v) is 3.32. The molecule has 0 amide bonds. The predicted molar refractivity (Wildman–Crippen MR) is 81.1 cm³/mol. The van der Waals surface area contributed by atoms with Crippen LogP contribution in [0.15, 0.2) is 36.4 Å². The van der Waals surface area contributed by atoms with Gasteiger partial charge < -0.3 is 15.2 Å². The van der Waals surface area contributed by atoms with Gasteiger partial charge in [-0.15, -0.1) is 0 Å². The van der Waals surface area contributed by atoms with Gasteiger partial charge in [-0.2, -0.15) is 0 Å². The van der Waals surface area contributed by atoms with E-state index in [4.69, 9.17) is 15.2 Å². The smallest absolute Gasteiger partial charge is 0.127 e. The van der Waals surface area contributed by atoms with E-state index in [0.717, 1.165) is 28.2 Å². The molecule has 0 spiro atoms. The van der Waals surface area contributed by atoms with Gasteiger partial charge in [0, 0.05) is 17.7 Å². The molecule has 0 saturated heterocycles. The average Bonchev–Trinajstić information content (AvgIpc) is 2.46. The predicted octanol–water partition coefficient (Wildman–Crippen LogP) is 3.35. The molecule has 0 aliphatic carbocycles. The van der Waals surface area contributed by atoms with Crippen molar-refractivity contribution in [1.82, 2.24) is 0 Å². The van der Waals surface area contributed by atoms with Gasteiger partial charge in [0.1, 0.15) is 18.1 Å². The third-order valence-electron chi connectivity index (χ3n) is 3.32. The largest absolute Gasteiger partial charge is 0.496 e. The van der Waals surface area contributed by atoms with Crippen molar-refractivity contribution in [2.24, 2.45) is 5.73 Å². The molecule has 0 radical (unpaired) electrons. The first-order valence-corrected chi connectivity index (χ1v) is 6.70. The van der Waals surface area contributed by atoms with Gasteiger partial charge in [0.2, 0.25) is 0 Å². The monoisotopic (exact) mass is 271 g/mol. The lowest BCUT2D eigenvalue weighted by molar-refractivity contribution is 0.292. The van der Waals surface area contributed by atoms with E-state index in [0.29, 0.717) is 13.2 Å². The fourth-order valence-electron chi connectivity index (χ4n) is 2.25. The summed E-state index contributed by atoms with van der Waals surface area (Å²) >= 11 is 0. The zero-order chi connectivity index (χ0) is 14.5. The molecule has 0 atom stereocenters. The van der Waals surface area contributed by atoms with Crippen LogP contribution in [-0.4, -0.2) is 7.11 Å². The summed E-state index contributed by atoms with van der Waals surface area (Å²) in [7, 11) is 1.67. The van der Waals surface area contributed by atoms with E-state index in [9.17, 15) is 0 Å². The Morgan fingerprint density at radius 2 is 1.85 bits per heavy atom. The Morgan fingerprint density at radius 3 is 2.55 bits per heavy atom. The fraction of sp³-hybridized carbons (Fsp3) is 0.294. The van der Waals surface area contributed by atoms with E-state index >= 15 is 0 Å². The van der Waals surface area contributed by atoms with Crippen molar-refractivity contribution in [2.75, 3.05) is 7.11 Å². The van der Waals surface area contributed by atoms with E-state index in [1.165, 1.54) is 5.56 Å². The standard InChI is InChI=1S/C17H21NO2/c1-12-7-8-16(19-3)15(9-12)11-20-17-13(2)5-4-6-14(17)10-18/h4-9H,10-11,18H2,1-3H3. The van der Waals surface area contributed by atoms with Gasteiger partial charge in [-0.3, -0.25) is 0 Å². The molecule has 2 rings (SSSR count). The number of para-hydroxylation sites is 1. The van der Waals surface area contributed by atoms with Gasteiger partial charge >= 0.3 is 0 Å². The summed E-state index contributed by atoms with van der Waals surface area (Å²) in [5, 5.41) is 0. The molecule has 2 aromatic rings. The summed E-state index contributed by atoms with van der Waals surface area (Å²) in [5.41, 5.74) is 10.1. The van der Waals surface area contributed by atoms with E-state index in [1.54, 1.807) is 7.11 Å². The molecule has 0 unspecified atom stereocenters. The summed E-state index contributed by atoms with van der Waals surface area (Å²) in [6.45, 7) is 5.04. The van der Waals surface area contributed by atoms with Crippen LogP contribution in [0.5, 0.6) is 11.5 Å². The molecule has 3 nitrogen and oxygen atoms in total. The second kappa shape index (κ2) is 6.44. The highest BCUT2D eigenvalue weighted by molar-refractivity contribution is 5.42. The van der Waals surface area contributed by atoms with Crippen LogP contribution < -0.4 is 15.2 Å². The highest BCUT2D eigenvalue weighted by atomic mass is 16.5. The van der Waals surface area contributed by atoms with Gasteiger partial charge in [-0.1, -0.05) is 29.8 Å². The second-order valence-corrected chi connectivity index (χ2v) is 4.87. The molecule has 0 bridgehead atoms. The Bertz CT molecular complexity index is 594. The van der Waals surface area contributed by atoms with Crippen molar-refractivity contribution in [1.29, 1.82) is 0 Å². The zero-order valence-electron chi connectivity index (χ0n) is 12.3. The number of hydrogen-bond donors (Lipinski definition) is 1. The van der Waals surface area contributed by atoms with Crippen LogP contribution in [0.4, 0.5) is 0 Å². The molecule has 0 aliphatic rings. The van der Waals surface area contributed by atoms with Gasteiger partial charge in [-0.05, 0) is 31.5 Å². The maximum absolute atomic E-state index is 5.98. The van der Waals surface area contributed by atoms with Crippen molar-refractivity contribution >= 4 is 0 Å². The summed E-state index contributed by atoms with van der Waals surface area (Å²) in [6.07, 6.45) is 0. The number of nitrogens with two attached hydrogens (primary N) is 1. The SMILES string of the molecule is COc1ccc(C)cc1COc1c(C)cccc1CN. The Kier molecular flexibility index (Phi) is 4.64. The molecular weight excluding hydrogens is 250 g/mol. The molecule has 2 aromatic carbocycles. The molecule has 0 saturated carbocycles. The number of benzene rings is 2. The number of hydrogen-bond acceptors (Lipinski definition) is 3. The number of methoxy groups -OCH3 is 1. The molecule has 106 valence electrons. The molecular formula is C17H21NO2. The zero-order valence-corrected chi connectivity index (χ0v) is 12.3. The minimum atomic E-state index is 0.474. The molecule has 3 heteroatoms. The van der Waals surface area contributed by atoms with E-state index in [1.807, 2.05) is 37.3 Å². The first kappa shape index (κ1) is 14.4. The Morgan fingerprint density at radius 1 is 1.05 bits per heavy atom. The summed E-state index contributed by atoms with van der Waals surface area (Å²) < 4.78 is 11.4. The van der Waals surface area contributed by atoms with Crippen LogP contribution in [0.1, 0.15) is 22.3 Å². The lowest BCUT2D eigenvalue weighted by Gasteiger charge is -2.15. The number of aryl methyl sites for hydroxylation is 2. The molecule has 2 N–H and O–H groups in total. The van der Waals surface area contributed by atoms with Gasteiger partial charge in [-0.25, -0.2) is 0 Å². The van der Waals surface area contributed by atoms with Crippen LogP contribution in [0.2, 0.25) is 0 Å². The molecule has 20 heavy (non-hydrogen) atoms. The van der Waals surface area contributed by atoms with Crippen LogP contribution in [-0.2, 0) is 13.2 Å². The second-order valence-electron chi connectivity index (χ2n) is 4.87. The third kappa shape index (κ3) is 3.11. The maximum atomic E-state index is 5.98. The molecule has 0 aliphatic heterocycles. The average molecular weight is 271 g/mol. The van der Waals surface area contributed by atoms with Gasteiger partial charge in [0.25, 0.3) is 0 Å². The van der Waals surface area contributed by atoms with Crippen molar-refractivity contribution in [3.05, 3.63) is 58.7 Å². The number of ether oxygens (including phenoxy) is 2. The van der Waals surface area contributed by atoms with Crippen molar-refractivity contribution in [3.8, 4) is 11.5 Å². The molecule has 0 heterocycles. The molecule has 0 fully saturated rings. The summed E-state index contributed by atoms with van der Waals surface area (Å²) in [5.74, 6) is 1.72. The topological polar surface area (TPSA) is 44.5 Å². The minimum Gasteiger partial charge on any atom is -0.496 e. The normalized spacial score (nSPS) is 10.4. The van der Waals surface area contributed by atoms with Crippen LogP contribution >= 0.6 is 0 Å². The first-order valence-electron chi connectivity index (χ1n) is 6.70. The number of rotatable bonds is 5. The van der Waals surface area contributed by atoms with E-state index < -0.39 is 0 Å². The lowest BCUT2D eigenvalue weighted by Crippen LogP contribution is -2.05. The minimum absolute atomic E-state index is 0.474. The Hall–Kier alpha value is -2.00. The summed E-state index contributed by atoms with van der Waals surface area (Å²) in [6, 6.07) is 12.1. The van der Waals surface area contributed by atoms with Crippen molar-refractivity contribution in [2.45, 2.75) is 27.0 Å². The Balaban J connectivity index is 2.23. The van der Waals surface area contributed by atoms with Gasteiger partial charge in [0.15, 0.2) is 0 Å². The van der Waals surface area contributed by atoms with Gasteiger partial charge in [0.05, 0.1) is 7.11 Å². The fourth-order valence-corrected chi connectivity index (χ4v) is 2.25. The van der Waals surface area contributed by atoms with Crippen molar-refractivity contribution in [3.63, 3.8) is 0 Å². The first-order chi connectivity index (χ1) is 9.65. The van der Waals surface area contributed by atoms with Crippen LogP contribution in [0, 0.1) is 13.8 Å². The Labute approximate surface area is 120 Å². The molecule has 0 aromatic heterocycles. The maximum Gasteiger partial charge on any atom is 0.127 e. The van der Waals surface area contributed by atoms with Crippen LogP contribution in [0.25, 0.3) is 0 Å². The lowest BCUT2D eigenvalue weighted by atomic mass is 10.1. The summed E-state index contributed by atoms with van der Waals surface area (Å²) in [4.78, 5) is 0.